The third-order valence-corrected chi connectivity index (χ3v) is 3.32. The van der Waals surface area contributed by atoms with Gasteiger partial charge in [0, 0.05) is 6.42 Å². The highest BCUT2D eigenvalue weighted by atomic mass is 19.4. The van der Waals surface area contributed by atoms with Crippen molar-refractivity contribution in [1.82, 2.24) is 0 Å². The van der Waals surface area contributed by atoms with Gasteiger partial charge in [0.1, 0.15) is 0 Å². The van der Waals surface area contributed by atoms with Crippen molar-refractivity contribution in [3.05, 3.63) is 42.0 Å². The second-order valence-electron chi connectivity index (χ2n) is 4.91. The number of rotatable bonds is 6. The first-order chi connectivity index (χ1) is 10.2. The minimum Gasteiger partial charge on any atom is -0.464 e. The molecule has 0 aliphatic carbocycles. The van der Waals surface area contributed by atoms with Gasteiger partial charge in [-0.25, -0.2) is 4.79 Å². The Balaban J connectivity index is 3.03. The second kappa shape index (κ2) is 6.96. The number of benzene rings is 1. The molecule has 1 N–H and O–H groups in total. The molecule has 6 heteroatoms. The Morgan fingerprint density at radius 2 is 1.77 bits per heavy atom. The number of esters is 1. The van der Waals surface area contributed by atoms with Crippen molar-refractivity contribution in [2.45, 2.75) is 38.5 Å². The maximum Gasteiger partial charge on any atom is 0.428 e. The monoisotopic (exact) mass is 316 g/mol. The lowest BCUT2D eigenvalue weighted by atomic mass is 9.90. The molecule has 0 spiro atoms. The average Bonchev–Trinajstić information content (AvgIpc) is 2.46. The van der Waals surface area contributed by atoms with Crippen molar-refractivity contribution in [2.24, 2.45) is 0 Å². The van der Waals surface area contributed by atoms with E-state index in [4.69, 9.17) is 0 Å². The zero-order chi connectivity index (χ0) is 17.0. The molecule has 122 valence electrons. The lowest BCUT2D eigenvalue weighted by molar-refractivity contribution is -0.260. The Morgan fingerprint density at radius 1 is 1.23 bits per heavy atom. The van der Waals surface area contributed by atoms with Gasteiger partial charge in [-0.15, -0.1) is 0 Å². The van der Waals surface area contributed by atoms with Crippen LogP contribution < -0.4 is 0 Å². The molecule has 0 unspecified atom stereocenters. The molecule has 1 aromatic carbocycles. The SMILES string of the molecule is C=C(C[C@@](O)(C(=O)OCC)C(F)(F)F)c1ccc(CC)cc1. The number of alkyl halides is 3. The normalized spacial score (nSPS) is 14.3. The molecule has 0 saturated heterocycles. The van der Waals surface area contributed by atoms with Gasteiger partial charge in [0.2, 0.25) is 0 Å². The predicted octanol–water partition coefficient (Wildman–Crippen LogP) is 3.51. The molecule has 1 atom stereocenters. The largest absolute Gasteiger partial charge is 0.464 e. The second-order valence-corrected chi connectivity index (χ2v) is 4.91. The van der Waals surface area contributed by atoms with Crippen LogP contribution in [-0.4, -0.2) is 29.5 Å². The average molecular weight is 316 g/mol. The number of aliphatic hydroxyl groups is 1. The van der Waals surface area contributed by atoms with Gasteiger partial charge in [0.15, 0.2) is 0 Å². The third kappa shape index (κ3) is 3.88. The van der Waals surface area contributed by atoms with Crippen molar-refractivity contribution < 1.29 is 27.8 Å². The standard InChI is InChI=1S/C16H19F3O3/c1-4-12-6-8-13(9-7-12)11(3)10-15(21,16(17,18)19)14(20)22-5-2/h6-9,21H,3-5,10H2,1-2H3/t15-/m1/s1. The highest BCUT2D eigenvalue weighted by Crippen LogP contribution is 2.38. The van der Waals surface area contributed by atoms with E-state index < -0.39 is 24.2 Å². The molecule has 1 aromatic rings. The van der Waals surface area contributed by atoms with Crippen LogP contribution in [0.3, 0.4) is 0 Å². The van der Waals surface area contributed by atoms with Gasteiger partial charge < -0.3 is 9.84 Å². The Morgan fingerprint density at radius 3 is 2.18 bits per heavy atom. The summed E-state index contributed by atoms with van der Waals surface area (Å²) in [6.07, 6.45) is -5.32. The summed E-state index contributed by atoms with van der Waals surface area (Å²) in [5.74, 6) is -1.71. The van der Waals surface area contributed by atoms with Gasteiger partial charge in [-0.2, -0.15) is 13.2 Å². The van der Waals surface area contributed by atoms with Crippen LogP contribution in [0.15, 0.2) is 30.8 Å². The van der Waals surface area contributed by atoms with Gasteiger partial charge in [0.25, 0.3) is 5.60 Å². The molecule has 0 heterocycles. The van der Waals surface area contributed by atoms with E-state index in [2.05, 4.69) is 11.3 Å². The van der Waals surface area contributed by atoms with E-state index in [1.165, 1.54) is 6.92 Å². The highest BCUT2D eigenvalue weighted by molar-refractivity contribution is 5.83. The summed E-state index contributed by atoms with van der Waals surface area (Å²) in [5.41, 5.74) is -2.13. The molecule has 0 bridgehead atoms. The van der Waals surface area contributed by atoms with Crippen LogP contribution in [0.1, 0.15) is 31.4 Å². The minimum atomic E-state index is -5.15. The number of carbonyl (C=O) groups excluding carboxylic acids is 1. The summed E-state index contributed by atoms with van der Waals surface area (Å²) in [4.78, 5) is 11.5. The van der Waals surface area contributed by atoms with Crippen LogP contribution in [0.5, 0.6) is 0 Å². The summed E-state index contributed by atoms with van der Waals surface area (Å²) in [6, 6.07) is 6.75. The number of aryl methyl sites for hydroxylation is 1. The molecule has 0 aliphatic heterocycles. The first-order valence-electron chi connectivity index (χ1n) is 6.89. The molecular weight excluding hydrogens is 297 g/mol. The summed E-state index contributed by atoms with van der Waals surface area (Å²) in [6.45, 7) is 6.62. The molecule has 0 aliphatic rings. The number of ether oxygens (including phenoxy) is 1. The third-order valence-electron chi connectivity index (χ3n) is 3.32. The Labute approximate surface area is 127 Å². The summed E-state index contributed by atoms with van der Waals surface area (Å²) < 4.78 is 43.6. The molecule has 22 heavy (non-hydrogen) atoms. The van der Waals surface area contributed by atoms with Crippen LogP contribution in [0, 0.1) is 0 Å². The van der Waals surface area contributed by atoms with Crippen molar-refractivity contribution >= 4 is 11.5 Å². The number of carbonyl (C=O) groups is 1. The minimum absolute atomic E-state index is 0.00975. The first-order valence-corrected chi connectivity index (χ1v) is 6.89. The van der Waals surface area contributed by atoms with Crippen molar-refractivity contribution in [3.8, 4) is 0 Å². The Bertz CT molecular complexity index is 535. The number of hydrogen-bond acceptors (Lipinski definition) is 3. The zero-order valence-corrected chi connectivity index (χ0v) is 12.5. The lowest BCUT2D eigenvalue weighted by Crippen LogP contribution is -2.53. The lowest BCUT2D eigenvalue weighted by Gasteiger charge is -2.28. The molecule has 0 radical (unpaired) electrons. The van der Waals surface area contributed by atoms with Crippen molar-refractivity contribution in [2.75, 3.05) is 6.61 Å². The van der Waals surface area contributed by atoms with Gasteiger partial charge >= 0.3 is 12.1 Å². The highest BCUT2D eigenvalue weighted by Gasteiger charge is 2.60. The van der Waals surface area contributed by atoms with E-state index in [-0.39, 0.29) is 12.2 Å². The first kappa shape index (κ1) is 18.2. The van der Waals surface area contributed by atoms with Crippen molar-refractivity contribution in [3.63, 3.8) is 0 Å². The fourth-order valence-corrected chi connectivity index (χ4v) is 1.93. The van der Waals surface area contributed by atoms with Gasteiger partial charge in [-0.05, 0) is 30.0 Å². The number of halogens is 3. The predicted molar refractivity (Wildman–Crippen MR) is 77.1 cm³/mol. The van der Waals surface area contributed by atoms with E-state index in [1.807, 2.05) is 6.92 Å². The fourth-order valence-electron chi connectivity index (χ4n) is 1.93. The molecule has 0 amide bonds. The number of hydrogen-bond donors (Lipinski definition) is 1. The maximum atomic E-state index is 13.1. The molecule has 0 aromatic heterocycles. The summed E-state index contributed by atoms with van der Waals surface area (Å²) in [7, 11) is 0. The van der Waals surface area contributed by atoms with Gasteiger partial charge in [-0.3, -0.25) is 0 Å². The van der Waals surface area contributed by atoms with Gasteiger partial charge in [-0.1, -0.05) is 37.8 Å². The molecule has 1 rings (SSSR count). The summed E-state index contributed by atoms with van der Waals surface area (Å²) >= 11 is 0. The fraction of sp³-hybridized carbons (Fsp3) is 0.438. The van der Waals surface area contributed by atoms with E-state index in [1.54, 1.807) is 24.3 Å². The van der Waals surface area contributed by atoms with Crippen LogP contribution in [-0.2, 0) is 16.0 Å². The molecule has 3 nitrogen and oxygen atoms in total. The van der Waals surface area contributed by atoms with Crippen LogP contribution in [0.2, 0.25) is 0 Å². The zero-order valence-electron chi connectivity index (χ0n) is 12.5. The smallest absolute Gasteiger partial charge is 0.428 e. The molecule has 0 fully saturated rings. The Kier molecular flexibility index (Phi) is 5.77. The van der Waals surface area contributed by atoms with E-state index in [0.29, 0.717) is 5.56 Å². The van der Waals surface area contributed by atoms with E-state index in [0.717, 1.165) is 12.0 Å². The maximum absolute atomic E-state index is 13.1. The van der Waals surface area contributed by atoms with E-state index in [9.17, 15) is 23.1 Å². The van der Waals surface area contributed by atoms with E-state index >= 15 is 0 Å². The van der Waals surface area contributed by atoms with Crippen LogP contribution in [0.4, 0.5) is 13.2 Å². The summed E-state index contributed by atoms with van der Waals surface area (Å²) in [5, 5.41) is 9.82. The molecule has 0 saturated carbocycles. The van der Waals surface area contributed by atoms with Crippen LogP contribution in [0.25, 0.3) is 5.57 Å². The van der Waals surface area contributed by atoms with Crippen molar-refractivity contribution in [1.29, 1.82) is 0 Å². The van der Waals surface area contributed by atoms with Gasteiger partial charge in [0.05, 0.1) is 6.61 Å². The Hall–Kier alpha value is -1.82. The topological polar surface area (TPSA) is 46.5 Å². The quantitative estimate of drug-likeness (QED) is 0.817. The molecular formula is C16H19F3O3. The van der Waals surface area contributed by atoms with Crippen LogP contribution >= 0.6 is 0 Å².